The molecule has 2 rings (SSSR count). The van der Waals surface area contributed by atoms with Crippen LogP contribution in [0.2, 0.25) is 0 Å². The van der Waals surface area contributed by atoms with Gasteiger partial charge in [0.2, 0.25) is 12.2 Å². The smallest absolute Gasteiger partial charge is 0.405 e. The Labute approximate surface area is 102 Å². The number of halogens is 4. The van der Waals surface area contributed by atoms with Gasteiger partial charge in [-0.25, -0.2) is 0 Å². The van der Waals surface area contributed by atoms with Crippen LogP contribution in [0.5, 0.6) is 5.75 Å². The van der Waals surface area contributed by atoms with Crippen LogP contribution in [-0.4, -0.2) is 16.5 Å². The van der Waals surface area contributed by atoms with Crippen molar-refractivity contribution in [2.45, 2.75) is 6.36 Å². The summed E-state index contributed by atoms with van der Waals surface area (Å²) in [6, 6.07) is 4.00. The molecular weight excluding hydrogens is 305 g/mol. The van der Waals surface area contributed by atoms with Gasteiger partial charge in [-0.15, -0.1) is 13.2 Å². The third-order valence-corrected chi connectivity index (χ3v) is 2.26. The van der Waals surface area contributed by atoms with E-state index in [0.29, 0.717) is 4.47 Å². The number of hydrogen-bond donors (Lipinski definition) is 0. The highest BCUT2D eigenvalue weighted by Gasteiger charge is 2.32. The van der Waals surface area contributed by atoms with Gasteiger partial charge in [-0.05, 0) is 18.2 Å². The molecule has 0 amide bonds. The van der Waals surface area contributed by atoms with Crippen LogP contribution in [0.15, 0.2) is 33.6 Å². The second kappa shape index (κ2) is 4.36. The molecule has 0 radical (unpaired) electrons. The minimum Gasteiger partial charge on any atom is -0.405 e. The topological polar surface area (TPSA) is 48.2 Å². The summed E-state index contributed by atoms with van der Waals surface area (Å²) in [7, 11) is 0. The number of nitrogens with zero attached hydrogens (tertiary/aromatic N) is 2. The lowest BCUT2D eigenvalue weighted by Gasteiger charge is -2.11. The van der Waals surface area contributed by atoms with Crippen molar-refractivity contribution in [3.05, 3.63) is 29.1 Å². The van der Waals surface area contributed by atoms with E-state index in [-0.39, 0.29) is 17.1 Å². The predicted octanol–water partition coefficient (Wildman–Crippen LogP) is 3.40. The van der Waals surface area contributed by atoms with Gasteiger partial charge in [0.05, 0.1) is 5.56 Å². The lowest BCUT2D eigenvalue weighted by atomic mass is 10.2. The third kappa shape index (κ3) is 2.96. The van der Waals surface area contributed by atoms with E-state index < -0.39 is 6.36 Å². The Kier molecular flexibility index (Phi) is 3.05. The maximum absolute atomic E-state index is 12.2. The van der Waals surface area contributed by atoms with Crippen LogP contribution in [0.4, 0.5) is 13.2 Å². The zero-order valence-electron chi connectivity index (χ0n) is 8.03. The van der Waals surface area contributed by atoms with Crippen molar-refractivity contribution in [1.29, 1.82) is 0 Å². The molecule has 1 heterocycles. The van der Waals surface area contributed by atoms with Crippen LogP contribution in [0.3, 0.4) is 0 Å². The first-order valence-electron chi connectivity index (χ1n) is 4.28. The van der Waals surface area contributed by atoms with Crippen molar-refractivity contribution in [2.75, 3.05) is 0 Å². The summed E-state index contributed by atoms with van der Waals surface area (Å²) in [5, 5.41) is 3.46. The number of benzene rings is 1. The van der Waals surface area contributed by atoms with Crippen LogP contribution in [0, 0.1) is 0 Å². The molecule has 0 spiro atoms. The zero-order valence-corrected chi connectivity index (χ0v) is 9.62. The van der Waals surface area contributed by atoms with E-state index in [4.69, 9.17) is 0 Å². The molecule has 0 bridgehead atoms. The SMILES string of the molecule is FC(F)(F)Oc1ccc(Br)cc1-c1ncon1. The fourth-order valence-corrected chi connectivity index (χ4v) is 1.54. The molecule has 4 nitrogen and oxygen atoms in total. The molecule has 1 aromatic carbocycles. The molecule has 0 aliphatic carbocycles. The summed E-state index contributed by atoms with van der Waals surface area (Å²) in [6.07, 6.45) is -3.75. The molecule has 1 aromatic heterocycles. The van der Waals surface area contributed by atoms with Crippen molar-refractivity contribution in [1.82, 2.24) is 10.1 Å². The minimum absolute atomic E-state index is 0.0190. The molecule has 0 N–H and O–H groups in total. The van der Waals surface area contributed by atoms with Gasteiger partial charge in [-0.3, -0.25) is 0 Å². The molecule has 0 saturated carbocycles. The Morgan fingerprint density at radius 2 is 2.06 bits per heavy atom. The van der Waals surface area contributed by atoms with Gasteiger partial charge in [0.25, 0.3) is 0 Å². The lowest BCUT2D eigenvalue weighted by molar-refractivity contribution is -0.274. The van der Waals surface area contributed by atoms with E-state index in [1.165, 1.54) is 18.2 Å². The Morgan fingerprint density at radius 1 is 1.29 bits per heavy atom. The number of ether oxygens (including phenoxy) is 1. The highest BCUT2D eigenvalue weighted by atomic mass is 79.9. The third-order valence-electron chi connectivity index (χ3n) is 1.77. The van der Waals surface area contributed by atoms with Crippen LogP contribution >= 0.6 is 15.9 Å². The van der Waals surface area contributed by atoms with Gasteiger partial charge < -0.3 is 9.26 Å². The Hall–Kier alpha value is -1.57. The second-order valence-corrected chi connectivity index (χ2v) is 3.86. The largest absolute Gasteiger partial charge is 0.573 e. The van der Waals surface area contributed by atoms with Gasteiger partial charge in [0.1, 0.15) is 5.75 Å². The van der Waals surface area contributed by atoms with Gasteiger partial charge >= 0.3 is 6.36 Å². The van der Waals surface area contributed by atoms with E-state index in [1.54, 1.807) is 0 Å². The fraction of sp³-hybridized carbons (Fsp3) is 0.111. The molecule has 0 saturated heterocycles. The minimum atomic E-state index is -4.77. The number of hydrogen-bond acceptors (Lipinski definition) is 4. The van der Waals surface area contributed by atoms with Crippen molar-refractivity contribution < 1.29 is 22.4 Å². The van der Waals surface area contributed by atoms with E-state index in [0.717, 1.165) is 6.39 Å². The maximum Gasteiger partial charge on any atom is 0.573 e. The Bertz CT molecular complexity index is 513. The van der Waals surface area contributed by atoms with E-state index in [1.807, 2.05) is 0 Å². The maximum atomic E-state index is 12.2. The molecule has 0 aliphatic heterocycles. The zero-order chi connectivity index (χ0) is 12.5. The molecule has 2 aromatic rings. The highest BCUT2D eigenvalue weighted by Crippen LogP contribution is 2.34. The molecule has 0 fully saturated rings. The first-order chi connectivity index (χ1) is 7.96. The standard InChI is InChI=1S/C9H4BrF3N2O2/c10-5-1-2-7(17-9(11,12)13)6(3-5)8-14-4-16-15-8/h1-4H. The number of aromatic nitrogens is 2. The molecule has 0 atom stereocenters. The van der Waals surface area contributed by atoms with E-state index in [2.05, 4.69) is 35.3 Å². The fourth-order valence-electron chi connectivity index (χ4n) is 1.18. The van der Waals surface area contributed by atoms with Crippen molar-refractivity contribution in [3.8, 4) is 17.1 Å². The second-order valence-electron chi connectivity index (χ2n) is 2.94. The van der Waals surface area contributed by atoms with Gasteiger partial charge in [-0.1, -0.05) is 21.1 Å². The van der Waals surface area contributed by atoms with Crippen molar-refractivity contribution in [2.24, 2.45) is 0 Å². The number of rotatable bonds is 2. The van der Waals surface area contributed by atoms with Gasteiger partial charge in [0, 0.05) is 4.47 Å². The first kappa shape index (κ1) is 11.9. The summed E-state index contributed by atoms with van der Waals surface area (Å²) in [5.74, 6) is -0.368. The van der Waals surface area contributed by atoms with Crippen LogP contribution < -0.4 is 4.74 Å². The molecule has 0 unspecified atom stereocenters. The van der Waals surface area contributed by atoms with Crippen LogP contribution in [0.25, 0.3) is 11.4 Å². The Balaban J connectivity index is 2.45. The quantitative estimate of drug-likeness (QED) is 0.853. The first-order valence-corrected chi connectivity index (χ1v) is 5.07. The monoisotopic (exact) mass is 308 g/mol. The Morgan fingerprint density at radius 3 is 2.65 bits per heavy atom. The molecular formula is C9H4BrF3N2O2. The van der Waals surface area contributed by atoms with Crippen LogP contribution in [-0.2, 0) is 0 Å². The van der Waals surface area contributed by atoms with Crippen molar-refractivity contribution >= 4 is 15.9 Å². The van der Waals surface area contributed by atoms with Gasteiger partial charge in [-0.2, -0.15) is 4.98 Å². The predicted molar refractivity (Wildman–Crippen MR) is 54.1 cm³/mol. The molecule has 90 valence electrons. The summed E-state index contributed by atoms with van der Waals surface area (Å²) in [6.45, 7) is 0. The lowest BCUT2D eigenvalue weighted by Crippen LogP contribution is -2.17. The highest BCUT2D eigenvalue weighted by molar-refractivity contribution is 9.10. The van der Waals surface area contributed by atoms with Crippen LogP contribution in [0.1, 0.15) is 0 Å². The van der Waals surface area contributed by atoms with E-state index >= 15 is 0 Å². The summed E-state index contributed by atoms with van der Waals surface area (Å²) >= 11 is 3.14. The molecule has 0 aliphatic rings. The molecule has 17 heavy (non-hydrogen) atoms. The van der Waals surface area contributed by atoms with E-state index in [9.17, 15) is 13.2 Å². The summed E-state index contributed by atoms with van der Waals surface area (Å²) in [4.78, 5) is 3.67. The van der Waals surface area contributed by atoms with Crippen molar-refractivity contribution in [3.63, 3.8) is 0 Å². The number of alkyl halides is 3. The summed E-state index contributed by atoms with van der Waals surface area (Å²) in [5.41, 5.74) is 0.0884. The average molecular weight is 309 g/mol. The normalized spacial score (nSPS) is 11.5. The summed E-state index contributed by atoms with van der Waals surface area (Å²) < 4.78 is 45.4. The van der Waals surface area contributed by atoms with Gasteiger partial charge in [0.15, 0.2) is 0 Å². The molecule has 8 heteroatoms. The average Bonchev–Trinajstić information content (AvgIpc) is 2.71.